The van der Waals surface area contributed by atoms with Crippen LogP contribution < -0.4 is 0 Å². The van der Waals surface area contributed by atoms with E-state index in [9.17, 15) is 4.21 Å². The van der Waals surface area contributed by atoms with Crippen LogP contribution in [0, 0.1) is 0 Å². The van der Waals surface area contributed by atoms with Crippen LogP contribution in [-0.2, 0) is 9.15 Å². The number of benzene rings is 2. The van der Waals surface area contributed by atoms with Gasteiger partial charge in [0, 0.05) is 18.9 Å². The van der Waals surface area contributed by atoms with Crippen molar-refractivity contribution in [1.29, 1.82) is 0 Å². The summed E-state index contributed by atoms with van der Waals surface area (Å²) in [5.74, 6) is 0. The van der Waals surface area contributed by atoms with Crippen molar-refractivity contribution in [3.8, 4) is 0 Å². The van der Waals surface area contributed by atoms with Gasteiger partial charge in [-0.3, -0.25) is 4.21 Å². The highest BCUT2D eigenvalue weighted by Gasteiger charge is 2.15. The van der Waals surface area contributed by atoms with Gasteiger partial charge in [-0.15, -0.1) is 0 Å². The zero-order valence-electron chi connectivity index (χ0n) is 8.01. The maximum absolute atomic E-state index is 12.4. The molecule has 0 saturated heterocycles. The van der Waals surface area contributed by atoms with Gasteiger partial charge in [0.15, 0.2) is 0 Å². The van der Waals surface area contributed by atoms with E-state index in [2.05, 4.69) is 0 Å². The van der Waals surface area contributed by atoms with Crippen molar-refractivity contribution in [2.45, 2.75) is 9.79 Å². The van der Waals surface area contributed by atoms with Gasteiger partial charge in [0.05, 0.1) is 0 Å². The lowest BCUT2D eigenvalue weighted by molar-refractivity contribution is 0.680. The summed E-state index contributed by atoms with van der Waals surface area (Å²) < 4.78 is 12.4. The molecule has 0 unspecified atom stereocenters. The van der Waals surface area contributed by atoms with Crippen LogP contribution in [0.2, 0.25) is 0 Å². The summed E-state index contributed by atoms with van der Waals surface area (Å²) in [6.07, 6.45) is 0. The summed E-state index contributed by atoms with van der Waals surface area (Å²) in [5, 5.41) is 0. The molecule has 0 aliphatic heterocycles. The van der Waals surface area contributed by atoms with E-state index in [4.69, 9.17) is 10.7 Å². The van der Waals surface area contributed by atoms with Gasteiger partial charge in [0.2, 0.25) is 0 Å². The van der Waals surface area contributed by atoms with Crippen LogP contribution in [0.4, 0.5) is 0 Å². The smallest absolute Gasteiger partial charge is 0.0320 e. The zero-order valence-corrected chi connectivity index (χ0v) is 9.66. The van der Waals surface area contributed by atoms with E-state index in [0.717, 1.165) is 0 Å². The first kappa shape index (κ1) is 10.4. The predicted octanol–water partition coefficient (Wildman–Crippen LogP) is 3.28. The van der Waals surface area contributed by atoms with Crippen LogP contribution in [0.3, 0.4) is 0 Å². The Morgan fingerprint density at radius 3 is 1.40 bits per heavy atom. The van der Waals surface area contributed by atoms with Gasteiger partial charge < -0.3 is 0 Å². The first-order valence-corrected chi connectivity index (χ1v) is 7.23. The van der Waals surface area contributed by atoms with Crippen molar-refractivity contribution in [2.75, 3.05) is 0 Å². The quantitative estimate of drug-likeness (QED) is 0.628. The van der Waals surface area contributed by atoms with E-state index in [1.807, 2.05) is 36.4 Å². The van der Waals surface area contributed by atoms with E-state index in [-0.39, 0.29) is 0 Å². The van der Waals surface area contributed by atoms with Crippen molar-refractivity contribution in [1.82, 2.24) is 0 Å². The second-order valence-corrected chi connectivity index (χ2v) is 6.73. The summed E-state index contributed by atoms with van der Waals surface area (Å²) in [4.78, 5) is 1.36. The fourth-order valence-electron chi connectivity index (χ4n) is 1.39. The molecule has 0 aromatic heterocycles. The van der Waals surface area contributed by atoms with Gasteiger partial charge in [0.25, 0.3) is 0 Å². The van der Waals surface area contributed by atoms with Crippen molar-refractivity contribution >= 4 is 19.8 Å². The Labute approximate surface area is 94.6 Å². The molecule has 0 bridgehead atoms. The van der Waals surface area contributed by atoms with E-state index in [1.165, 1.54) is 0 Å². The van der Waals surface area contributed by atoms with Crippen LogP contribution in [0.1, 0.15) is 0 Å². The molecular weight excluding hydrogens is 228 g/mol. The fraction of sp³-hybridized carbons (Fsp3) is 0. The number of rotatable bonds is 2. The number of halogens is 1. The molecule has 0 amide bonds. The van der Waals surface area contributed by atoms with Crippen molar-refractivity contribution in [2.24, 2.45) is 0 Å². The molecule has 15 heavy (non-hydrogen) atoms. The number of hydrogen-bond donors (Lipinski definition) is 1. The van der Waals surface area contributed by atoms with Gasteiger partial charge in [-0.25, -0.2) is 0 Å². The summed E-state index contributed by atoms with van der Waals surface area (Å²) in [6.45, 7) is 0. The lowest BCUT2D eigenvalue weighted by Crippen LogP contribution is -2.03. The molecule has 0 aliphatic rings. The van der Waals surface area contributed by atoms with E-state index in [0.29, 0.717) is 9.79 Å². The average Bonchev–Trinajstić information content (AvgIpc) is 2.31. The molecule has 0 saturated carbocycles. The normalized spacial score (nSPS) is 12.3. The largest absolute Gasteiger partial charge is 0.262 e. The third-order valence-electron chi connectivity index (χ3n) is 2.18. The molecule has 0 spiro atoms. The molecular formula is C12H11ClOS. The fourth-order valence-corrected chi connectivity index (χ4v) is 3.47. The highest BCUT2D eigenvalue weighted by Crippen LogP contribution is 2.31. The third kappa shape index (κ3) is 2.11. The third-order valence-corrected chi connectivity index (χ3v) is 5.27. The van der Waals surface area contributed by atoms with Crippen molar-refractivity contribution < 1.29 is 4.21 Å². The Hall–Kier alpha value is -1.12. The second kappa shape index (κ2) is 4.17. The van der Waals surface area contributed by atoms with Gasteiger partial charge in [-0.1, -0.05) is 36.4 Å². The molecule has 3 heteroatoms. The molecule has 2 aromatic rings. The Bertz CT molecular complexity index is 438. The molecule has 0 atom stereocenters. The van der Waals surface area contributed by atoms with Crippen LogP contribution >= 0.6 is 10.7 Å². The van der Waals surface area contributed by atoms with Gasteiger partial charge in [-0.05, 0) is 34.9 Å². The van der Waals surface area contributed by atoms with Crippen LogP contribution in [0.5, 0.6) is 0 Å². The summed E-state index contributed by atoms with van der Waals surface area (Å²) in [7, 11) is 3.22. The Morgan fingerprint density at radius 2 is 1.07 bits per heavy atom. The SMILES string of the molecule is O=[SH](Cl)(c1ccccc1)c1ccccc1. The standard InChI is InChI=1S/C12H11ClOS/c13-15(14,11-7-3-1-4-8-11)12-9-5-2-6-10-12/h1-10,15H. The zero-order chi connectivity index (χ0) is 10.7. The van der Waals surface area contributed by atoms with Crippen molar-refractivity contribution in [3.05, 3.63) is 60.7 Å². The highest BCUT2D eigenvalue weighted by molar-refractivity contribution is 8.23. The van der Waals surface area contributed by atoms with Crippen LogP contribution in [0.25, 0.3) is 0 Å². The summed E-state index contributed by atoms with van der Waals surface area (Å²) in [6, 6.07) is 18.3. The summed E-state index contributed by atoms with van der Waals surface area (Å²) in [5.41, 5.74) is 0. The van der Waals surface area contributed by atoms with E-state index < -0.39 is 9.15 Å². The second-order valence-electron chi connectivity index (χ2n) is 3.20. The van der Waals surface area contributed by atoms with Gasteiger partial charge in [0.1, 0.15) is 0 Å². The summed E-state index contributed by atoms with van der Waals surface area (Å²) >= 11 is 0. The minimum atomic E-state index is -2.93. The van der Waals surface area contributed by atoms with E-state index in [1.54, 1.807) is 24.3 Å². The lowest BCUT2D eigenvalue weighted by atomic mass is 10.4. The molecule has 0 fully saturated rings. The Morgan fingerprint density at radius 1 is 0.733 bits per heavy atom. The first-order chi connectivity index (χ1) is 7.21. The molecule has 0 N–H and O–H groups in total. The average molecular weight is 239 g/mol. The van der Waals surface area contributed by atoms with Gasteiger partial charge >= 0.3 is 0 Å². The molecule has 0 heterocycles. The Balaban J connectivity index is 2.50. The lowest BCUT2D eigenvalue weighted by Gasteiger charge is -2.16. The minimum Gasteiger partial charge on any atom is -0.262 e. The maximum atomic E-state index is 12.4. The van der Waals surface area contributed by atoms with Gasteiger partial charge in [-0.2, -0.15) is 0 Å². The topological polar surface area (TPSA) is 17.1 Å². The van der Waals surface area contributed by atoms with Crippen LogP contribution in [0.15, 0.2) is 70.5 Å². The molecule has 0 aliphatic carbocycles. The molecule has 2 aromatic carbocycles. The maximum Gasteiger partial charge on any atom is 0.0320 e. The van der Waals surface area contributed by atoms with Crippen molar-refractivity contribution in [3.63, 3.8) is 0 Å². The first-order valence-electron chi connectivity index (χ1n) is 4.62. The number of hydrogen-bond acceptors (Lipinski definition) is 1. The molecule has 2 rings (SSSR count). The molecule has 78 valence electrons. The predicted molar refractivity (Wildman–Crippen MR) is 64.8 cm³/mol. The van der Waals surface area contributed by atoms with E-state index >= 15 is 0 Å². The monoisotopic (exact) mass is 238 g/mol. The highest BCUT2D eigenvalue weighted by atomic mass is 35.7. The number of thiol groups is 1. The Kier molecular flexibility index (Phi) is 2.89. The van der Waals surface area contributed by atoms with Crippen LogP contribution in [-0.4, -0.2) is 4.21 Å². The minimum absolute atomic E-state index is 0.679. The molecule has 1 nitrogen and oxygen atoms in total. The molecule has 0 radical (unpaired) electrons.